The van der Waals surface area contributed by atoms with Crippen molar-refractivity contribution in [2.75, 3.05) is 56.7 Å². The molecule has 1 aliphatic heterocycles. The van der Waals surface area contributed by atoms with Crippen LogP contribution in [0.4, 0.5) is 21.9 Å². The van der Waals surface area contributed by atoms with Crippen LogP contribution in [-0.2, 0) is 11.3 Å². The highest BCUT2D eigenvalue weighted by molar-refractivity contribution is 7.09. The molecule has 0 saturated carbocycles. The van der Waals surface area contributed by atoms with Crippen LogP contribution in [0.25, 0.3) is 0 Å². The number of aryl methyl sites for hydroxylation is 2. The van der Waals surface area contributed by atoms with Crippen LogP contribution >= 0.6 is 11.3 Å². The van der Waals surface area contributed by atoms with Gasteiger partial charge in [0.05, 0.1) is 18.1 Å². The Kier molecular flexibility index (Phi) is 9.10. The van der Waals surface area contributed by atoms with E-state index in [9.17, 15) is 19.7 Å². The molecule has 4 rings (SSSR count). The second-order valence-electron chi connectivity index (χ2n) is 9.29. The van der Waals surface area contributed by atoms with Crippen molar-refractivity contribution in [1.29, 1.82) is 0 Å². The molecule has 2 aromatic carbocycles. The van der Waals surface area contributed by atoms with Crippen LogP contribution in [0, 0.1) is 24.0 Å². The molecular weight excluding hydrogens is 520 g/mol. The Morgan fingerprint density at radius 1 is 1.10 bits per heavy atom. The minimum absolute atomic E-state index is 0.0514. The number of nitro benzene ring substituents is 1. The van der Waals surface area contributed by atoms with E-state index in [0.29, 0.717) is 50.0 Å². The lowest BCUT2D eigenvalue weighted by molar-refractivity contribution is -0.384. The number of ether oxygens (including phenoxy) is 1. The van der Waals surface area contributed by atoms with Gasteiger partial charge in [-0.2, -0.15) is 0 Å². The second kappa shape index (κ2) is 12.7. The van der Waals surface area contributed by atoms with E-state index < -0.39 is 4.92 Å². The fraction of sp³-hybridized carbons (Fsp3) is 0.370. The van der Waals surface area contributed by atoms with Gasteiger partial charge in [0, 0.05) is 68.7 Å². The number of carbonyl (C=O) groups excluding carboxylic acids is 2. The van der Waals surface area contributed by atoms with Crippen molar-refractivity contribution in [2.24, 2.45) is 0 Å². The molecule has 39 heavy (non-hydrogen) atoms. The van der Waals surface area contributed by atoms with Gasteiger partial charge in [-0.15, -0.1) is 11.3 Å². The first kappa shape index (κ1) is 28.0. The van der Waals surface area contributed by atoms with E-state index in [1.54, 1.807) is 34.4 Å². The zero-order valence-electron chi connectivity index (χ0n) is 22.3. The number of para-hydroxylation sites is 1. The molecule has 2 heterocycles. The number of benzene rings is 2. The number of hydrogen-bond acceptors (Lipinski definition) is 8. The molecular formula is C27H32N6O5S. The highest BCUT2D eigenvalue weighted by Gasteiger charge is 2.25. The molecule has 0 bridgehead atoms. The first-order valence-electron chi connectivity index (χ1n) is 12.6. The highest BCUT2D eigenvalue weighted by Crippen LogP contribution is 2.23. The number of thiazole rings is 1. The van der Waals surface area contributed by atoms with Crippen molar-refractivity contribution in [2.45, 2.75) is 20.4 Å². The smallest absolute Gasteiger partial charge is 0.322 e. The van der Waals surface area contributed by atoms with Crippen LogP contribution < -0.4 is 10.2 Å². The topological polar surface area (TPSA) is 121 Å². The van der Waals surface area contributed by atoms with Crippen LogP contribution in [0.3, 0.4) is 0 Å². The maximum Gasteiger partial charge on any atom is 0.322 e. The van der Waals surface area contributed by atoms with Crippen molar-refractivity contribution in [3.8, 4) is 0 Å². The highest BCUT2D eigenvalue weighted by atomic mass is 32.1. The zero-order chi connectivity index (χ0) is 27.9. The van der Waals surface area contributed by atoms with Crippen molar-refractivity contribution in [3.05, 3.63) is 79.8 Å². The number of carbonyl (C=O) groups is 2. The van der Waals surface area contributed by atoms with E-state index in [-0.39, 0.29) is 24.2 Å². The number of piperazine rings is 1. The summed E-state index contributed by atoms with van der Waals surface area (Å²) in [7, 11) is 1.59. The Hall–Kier alpha value is -4.03. The van der Waals surface area contributed by atoms with Gasteiger partial charge in [0.1, 0.15) is 10.7 Å². The second-order valence-corrected chi connectivity index (χ2v) is 10.2. The Labute approximate surface area is 231 Å². The van der Waals surface area contributed by atoms with Gasteiger partial charge >= 0.3 is 6.03 Å². The molecule has 206 valence electrons. The number of methoxy groups -OCH3 is 1. The molecule has 1 fully saturated rings. The summed E-state index contributed by atoms with van der Waals surface area (Å²) in [6.07, 6.45) is 0. The molecule has 11 nitrogen and oxygen atoms in total. The summed E-state index contributed by atoms with van der Waals surface area (Å²) in [4.78, 5) is 46.8. The predicted octanol–water partition coefficient (Wildman–Crippen LogP) is 4.31. The van der Waals surface area contributed by atoms with E-state index in [1.807, 2.05) is 32.0 Å². The Balaban J connectivity index is 1.36. The Morgan fingerprint density at radius 2 is 1.77 bits per heavy atom. The van der Waals surface area contributed by atoms with E-state index >= 15 is 0 Å². The molecule has 1 N–H and O–H groups in total. The number of nitrogens with one attached hydrogen (secondary N) is 1. The summed E-state index contributed by atoms with van der Waals surface area (Å²) in [6, 6.07) is 12.0. The number of anilines is 2. The first-order chi connectivity index (χ1) is 18.8. The van der Waals surface area contributed by atoms with E-state index in [4.69, 9.17) is 4.74 Å². The van der Waals surface area contributed by atoms with Crippen molar-refractivity contribution in [1.82, 2.24) is 14.8 Å². The fourth-order valence-electron chi connectivity index (χ4n) is 4.41. The lowest BCUT2D eigenvalue weighted by Crippen LogP contribution is -2.48. The van der Waals surface area contributed by atoms with Gasteiger partial charge in [-0.25, -0.2) is 9.78 Å². The van der Waals surface area contributed by atoms with Gasteiger partial charge in [0.2, 0.25) is 0 Å². The largest absolute Gasteiger partial charge is 0.383 e. The quantitative estimate of drug-likeness (QED) is 0.310. The molecule has 3 aromatic rings. The van der Waals surface area contributed by atoms with Crippen molar-refractivity contribution >= 4 is 40.3 Å². The average Bonchev–Trinajstić information content (AvgIpc) is 3.41. The van der Waals surface area contributed by atoms with Crippen LogP contribution in [0.2, 0.25) is 0 Å². The Morgan fingerprint density at radius 3 is 2.38 bits per heavy atom. The van der Waals surface area contributed by atoms with Gasteiger partial charge in [-0.3, -0.25) is 14.9 Å². The number of urea groups is 1. The third kappa shape index (κ3) is 6.89. The van der Waals surface area contributed by atoms with E-state index in [2.05, 4.69) is 15.2 Å². The van der Waals surface area contributed by atoms with Crippen LogP contribution in [0.1, 0.15) is 26.6 Å². The van der Waals surface area contributed by atoms with E-state index in [1.165, 1.54) is 23.5 Å². The lowest BCUT2D eigenvalue weighted by atomic mass is 10.1. The first-order valence-corrected chi connectivity index (χ1v) is 13.5. The molecule has 12 heteroatoms. The van der Waals surface area contributed by atoms with Crippen LogP contribution in [0.15, 0.2) is 47.8 Å². The standard InChI is InChI=1S/C27H32N6O5S/c1-19-5-4-6-20(2)25(19)29-27(35)32(15-16-38-3)17-24-28-23(18-39-24)26(34)31-13-11-30(12-14-31)21-7-9-22(10-8-21)33(36)37/h4-10,18H,11-17H2,1-3H3,(H,29,35). The summed E-state index contributed by atoms with van der Waals surface area (Å²) < 4.78 is 5.20. The minimum Gasteiger partial charge on any atom is -0.383 e. The number of aromatic nitrogens is 1. The van der Waals surface area contributed by atoms with Gasteiger partial charge in [0.25, 0.3) is 11.6 Å². The van der Waals surface area contributed by atoms with Crippen LogP contribution in [-0.4, -0.2) is 78.1 Å². The van der Waals surface area contributed by atoms with Gasteiger partial charge in [-0.05, 0) is 37.1 Å². The molecule has 0 unspecified atom stereocenters. The predicted molar refractivity (Wildman–Crippen MR) is 151 cm³/mol. The number of nitro groups is 1. The maximum atomic E-state index is 13.1. The van der Waals surface area contributed by atoms with Gasteiger partial charge < -0.3 is 24.8 Å². The van der Waals surface area contributed by atoms with Gasteiger partial charge in [0.15, 0.2) is 0 Å². The summed E-state index contributed by atoms with van der Waals surface area (Å²) >= 11 is 1.35. The van der Waals surface area contributed by atoms with Gasteiger partial charge in [-0.1, -0.05) is 18.2 Å². The average molecular weight is 553 g/mol. The molecule has 1 aromatic heterocycles. The summed E-state index contributed by atoms with van der Waals surface area (Å²) in [5.74, 6) is -0.149. The third-order valence-electron chi connectivity index (χ3n) is 6.66. The summed E-state index contributed by atoms with van der Waals surface area (Å²) in [5.41, 5.74) is 4.04. The molecule has 0 radical (unpaired) electrons. The molecule has 0 atom stereocenters. The molecule has 0 spiro atoms. The minimum atomic E-state index is -0.420. The zero-order valence-corrected chi connectivity index (χ0v) is 23.1. The monoisotopic (exact) mass is 552 g/mol. The number of amides is 3. The summed E-state index contributed by atoms with van der Waals surface area (Å²) in [6.45, 7) is 7.16. The number of hydrogen-bond donors (Lipinski definition) is 1. The summed E-state index contributed by atoms with van der Waals surface area (Å²) in [5, 5.41) is 16.3. The molecule has 1 aliphatic rings. The third-order valence-corrected chi connectivity index (χ3v) is 7.49. The number of rotatable bonds is 9. The van der Waals surface area contributed by atoms with Crippen molar-refractivity contribution in [3.63, 3.8) is 0 Å². The normalized spacial score (nSPS) is 13.3. The SMILES string of the molecule is COCCN(Cc1nc(C(=O)N2CCN(c3ccc([N+](=O)[O-])cc3)CC2)cs1)C(=O)Nc1c(C)cccc1C. The lowest BCUT2D eigenvalue weighted by Gasteiger charge is -2.35. The molecule has 3 amide bonds. The maximum absolute atomic E-state index is 13.1. The number of non-ortho nitro benzene ring substituents is 1. The molecule has 1 saturated heterocycles. The fourth-order valence-corrected chi connectivity index (χ4v) is 5.19. The van der Waals surface area contributed by atoms with E-state index in [0.717, 1.165) is 22.5 Å². The molecule has 0 aliphatic carbocycles. The number of nitrogens with zero attached hydrogens (tertiary/aromatic N) is 5. The van der Waals surface area contributed by atoms with Crippen molar-refractivity contribution < 1.29 is 19.2 Å². The van der Waals surface area contributed by atoms with Crippen LogP contribution in [0.5, 0.6) is 0 Å². The Bertz CT molecular complexity index is 1300.